The van der Waals surface area contributed by atoms with Crippen LogP contribution in [-0.4, -0.2) is 20.8 Å². The maximum atomic E-state index is 12.1. The number of hydrogen-bond acceptors (Lipinski definition) is 4. The smallest absolute Gasteiger partial charge is 0.308 e. The van der Waals surface area contributed by atoms with Gasteiger partial charge in [-0.15, -0.1) is 11.3 Å². The number of amides is 2. The van der Waals surface area contributed by atoms with Crippen LogP contribution in [0, 0.1) is 6.92 Å². The highest BCUT2D eigenvalue weighted by Gasteiger charge is 2.08. The predicted octanol–water partition coefficient (Wildman–Crippen LogP) is 4.65. The number of rotatable bonds is 3. The molecule has 4 rings (SSSR count). The van der Waals surface area contributed by atoms with Gasteiger partial charge >= 0.3 is 6.03 Å². The maximum Gasteiger partial charge on any atom is 0.324 e. The van der Waals surface area contributed by atoms with Crippen molar-refractivity contribution >= 4 is 39.1 Å². The lowest BCUT2D eigenvalue weighted by Crippen LogP contribution is -2.20. The van der Waals surface area contributed by atoms with Gasteiger partial charge in [0, 0.05) is 24.4 Å². The largest absolute Gasteiger partial charge is 0.324 e. The fraction of sp³-hybridized carbons (Fsp3) is 0.105. The average molecular weight is 363 g/mol. The molecule has 7 heteroatoms. The molecule has 2 amide bonds. The third kappa shape index (κ3) is 3.29. The van der Waals surface area contributed by atoms with Crippen LogP contribution in [0.15, 0.2) is 54.7 Å². The molecule has 0 aliphatic rings. The first-order chi connectivity index (χ1) is 12.6. The third-order valence-corrected chi connectivity index (χ3v) is 5.06. The topological polar surface area (TPSA) is 71.8 Å². The van der Waals surface area contributed by atoms with Crippen molar-refractivity contribution in [2.75, 3.05) is 10.6 Å². The van der Waals surface area contributed by atoms with Crippen molar-refractivity contribution in [3.8, 4) is 10.6 Å². The van der Waals surface area contributed by atoms with Crippen molar-refractivity contribution in [1.82, 2.24) is 14.8 Å². The highest BCUT2D eigenvalue weighted by atomic mass is 32.1. The minimum absolute atomic E-state index is 0.309. The molecule has 0 aliphatic heterocycles. The summed E-state index contributed by atoms with van der Waals surface area (Å²) in [6, 6.07) is 15.4. The van der Waals surface area contributed by atoms with E-state index in [2.05, 4.69) is 39.8 Å². The second-order valence-electron chi connectivity index (χ2n) is 5.99. The Balaban J connectivity index is 1.49. The van der Waals surface area contributed by atoms with E-state index in [1.165, 1.54) is 10.3 Å². The van der Waals surface area contributed by atoms with Crippen LogP contribution in [0.2, 0.25) is 0 Å². The van der Waals surface area contributed by atoms with E-state index in [0.29, 0.717) is 11.5 Å². The first-order valence-corrected chi connectivity index (χ1v) is 8.94. The van der Waals surface area contributed by atoms with Gasteiger partial charge in [0.05, 0.1) is 16.4 Å². The zero-order valence-corrected chi connectivity index (χ0v) is 15.2. The normalized spacial score (nSPS) is 10.8. The van der Waals surface area contributed by atoms with Crippen LogP contribution >= 0.6 is 11.3 Å². The van der Waals surface area contributed by atoms with E-state index >= 15 is 0 Å². The van der Waals surface area contributed by atoms with E-state index in [1.54, 1.807) is 35.3 Å². The van der Waals surface area contributed by atoms with Gasteiger partial charge in [-0.05, 0) is 48.9 Å². The monoisotopic (exact) mass is 363 g/mol. The van der Waals surface area contributed by atoms with Gasteiger partial charge in [-0.1, -0.05) is 6.07 Å². The molecule has 4 aromatic rings. The van der Waals surface area contributed by atoms with Crippen molar-refractivity contribution in [2.24, 2.45) is 7.05 Å². The van der Waals surface area contributed by atoms with Crippen molar-refractivity contribution in [3.63, 3.8) is 0 Å². The molecule has 130 valence electrons. The number of aryl methyl sites for hydroxylation is 2. The summed E-state index contributed by atoms with van der Waals surface area (Å²) in [5.41, 5.74) is 3.98. The maximum absolute atomic E-state index is 12.1. The number of nitrogens with zero attached hydrogens (tertiary/aromatic N) is 3. The average Bonchev–Trinajstić information content (AvgIpc) is 3.21. The van der Waals surface area contributed by atoms with E-state index in [1.807, 2.05) is 30.3 Å². The number of benzene rings is 2. The minimum atomic E-state index is -0.309. The van der Waals surface area contributed by atoms with Crippen LogP contribution < -0.4 is 10.6 Å². The number of anilines is 2. The van der Waals surface area contributed by atoms with Gasteiger partial charge in [0.25, 0.3) is 0 Å². The van der Waals surface area contributed by atoms with Crippen LogP contribution in [0.4, 0.5) is 16.3 Å². The van der Waals surface area contributed by atoms with Crippen molar-refractivity contribution in [1.29, 1.82) is 0 Å². The van der Waals surface area contributed by atoms with Crippen molar-refractivity contribution < 1.29 is 4.79 Å². The third-order valence-electron chi connectivity index (χ3n) is 4.00. The molecule has 6 nitrogen and oxygen atoms in total. The molecule has 0 saturated carbocycles. The second kappa shape index (κ2) is 6.61. The molecule has 0 fully saturated rings. The molecule has 2 aromatic carbocycles. The number of nitrogens with one attached hydrogen (secondary N) is 2. The van der Waals surface area contributed by atoms with E-state index in [-0.39, 0.29) is 6.03 Å². The van der Waals surface area contributed by atoms with Crippen molar-refractivity contribution in [2.45, 2.75) is 6.92 Å². The minimum Gasteiger partial charge on any atom is -0.308 e. The highest BCUT2D eigenvalue weighted by molar-refractivity contribution is 7.21. The first-order valence-electron chi connectivity index (χ1n) is 8.12. The fourth-order valence-corrected chi connectivity index (χ4v) is 3.70. The summed E-state index contributed by atoms with van der Waals surface area (Å²) >= 11 is 1.67. The van der Waals surface area contributed by atoms with Gasteiger partial charge in [0.2, 0.25) is 0 Å². The Hall–Kier alpha value is -3.19. The Labute approximate surface area is 154 Å². The molecule has 2 aromatic heterocycles. The van der Waals surface area contributed by atoms with Crippen molar-refractivity contribution in [3.05, 3.63) is 60.3 Å². The van der Waals surface area contributed by atoms with Crippen LogP contribution in [0.25, 0.3) is 20.8 Å². The van der Waals surface area contributed by atoms with Gasteiger partial charge < -0.3 is 5.32 Å². The molecule has 0 unspecified atom stereocenters. The van der Waals surface area contributed by atoms with E-state index in [4.69, 9.17) is 0 Å². The van der Waals surface area contributed by atoms with Crippen LogP contribution in [0.1, 0.15) is 5.56 Å². The Kier molecular flexibility index (Phi) is 4.14. The Morgan fingerprint density at radius 3 is 2.62 bits per heavy atom. The fourth-order valence-electron chi connectivity index (χ4n) is 2.63. The van der Waals surface area contributed by atoms with Crippen LogP contribution in [0.5, 0.6) is 0 Å². The Morgan fingerprint density at radius 2 is 1.88 bits per heavy atom. The summed E-state index contributed by atoms with van der Waals surface area (Å²) in [5.74, 6) is 0.629. The number of fused-ring (bicyclic) bond motifs is 1. The summed E-state index contributed by atoms with van der Waals surface area (Å²) in [5, 5.41) is 10.5. The number of hydrogen-bond donors (Lipinski definition) is 2. The van der Waals surface area contributed by atoms with Gasteiger partial charge in [-0.25, -0.2) is 9.78 Å². The predicted molar refractivity (Wildman–Crippen MR) is 106 cm³/mol. The summed E-state index contributed by atoms with van der Waals surface area (Å²) in [4.78, 5) is 16.7. The quantitative estimate of drug-likeness (QED) is 0.556. The van der Waals surface area contributed by atoms with Gasteiger partial charge in [0.1, 0.15) is 10.8 Å². The van der Waals surface area contributed by atoms with Gasteiger partial charge in [-0.3, -0.25) is 10.00 Å². The highest BCUT2D eigenvalue weighted by Crippen LogP contribution is 2.31. The van der Waals surface area contributed by atoms with Gasteiger partial charge in [0.15, 0.2) is 0 Å². The molecule has 2 heterocycles. The number of thiazole rings is 1. The lowest BCUT2D eigenvalue weighted by molar-refractivity contribution is 0.262. The number of urea groups is 1. The first kappa shape index (κ1) is 16.3. The molecule has 0 bridgehead atoms. The molecular formula is C19H17N5OS. The summed E-state index contributed by atoms with van der Waals surface area (Å²) < 4.78 is 2.77. The lowest BCUT2D eigenvalue weighted by Gasteiger charge is -2.08. The van der Waals surface area contributed by atoms with Crippen LogP contribution in [0.3, 0.4) is 0 Å². The van der Waals surface area contributed by atoms with Gasteiger partial charge in [-0.2, -0.15) is 5.10 Å². The summed E-state index contributed by atoms with van der Waals surface area (Å²) in [6.45, 7) is 2.08. The van der Waals surface area contributed by atoms with E-state index < -0.39 is 0 Å². The molecule has 0 aliphatic carbocycles. The summed E-state index contributed by atoms with van der Waals surface area (Å²) in [6.07, 6.45) is 1.63. The standard InChI is InChI=1S/C19H17N5OS/c1-12-3-8-15-16(11-12)26-18(22-15)13-4-6-14(7-5-13)21-19(25)23-17-9-10-20-24(17)2/h3-11H,1-2H3,(H2,21,23,25). The SMILES string of the molecule is Cc1ccc2nc(-c3ccc(NC(=O)Nc4ccnn4C)cc3)sc2c1. The molecule has 0 atom stereocenters. The zero-order valence-electron chi connectivity index (χ0n) is 14.4. The number of carbonyl (C=O) groups excluding carboxylic acids is 1. The van der Waals surface area contributed by atoms with Crippen LogP contribution in [-0.2, 0) is 7.05 Å². The molecular weight excluding hydrogens is 346 g/mol. The number of carbonyl (C=O) groups is 1. The second-order valence-corrected chi connectivity index (χ2v) is 7.02. The lowest BCUT2D eigenvalue weighted by atomic mass is 10.2. The molecule has 0 spiro atoms. The van der Waals surface area contributed by atoms with E-state index in [9.17, 15) is 4.79 Å². The number of aromatic nitrogens is 3. The Bertz CT molecular complexity index is 1080. The molecule has 2 N–H and O–H groups in total. The summed E-state index contributed by atoms with van der Waals surface area (Å²) in [7, 11) is 1.77. The molecule has 26 heavy (non-hydrogen) atoms. The zero-order chi connectivity index (χ0) is 18.1. The Morgan fingerprint density at radius 1 is 1.08 bits per heavy atom. The molecule has 0 radical (unpaired) electrons. The molecule has 0 saturated heterocycles. The van der Waals surface area contributed by atoms with E-state index in [0.717, 1.165) is 16.1 Å².